The maximum Gasteiger partial charge on any atom is 0.324 e. The van der Waals surface area contributed by atoms with Gasteiger partial charge in [-0.25, -0.2) is 8.42 Å². The third-order valence-corrected chi connectivity index (χ3v) is 11.8. The zero-order chi connectivity index (χ0) is 43.0. The minimum absolute atomic E-state index is 0.00822. The van der Waals surface area contributed by atoms with Gasteiger partial charge in [-0.3, -0.25) is 20.4 Å². The van der Waals surface area contributed by atoms with Crippen molar-refractivity contribution in [1.82, 2.24) is 20.3 Å². The molecule has 0 amide bonds. The smallest absolute Gasteiger partial charge is 0.324 e. The summed E-state index contributed by atoms with van der Waals surface area (Å²) in [6.45, 7) is 4.04. The molecular weight excluding hydrogens is 808 g/mol. The molecule has 1 heterocycles. The molecule has 2 saturated carbocycles. The van der Waals surface area contributed by atoms with E-state index in [0.29, 0.717) is 23.4 Å². The number of hydrogen-bond donors (Lipinski definition) is 9. The number of aromatic nitrogens is 1. The Kier molecular flexibility index (Phi) is 16.3. The highest BCUT2D eigenvalue weighted by Gasteiger charge is 2.48. The van der Waals surface area contributed by atoms with E-state index in [9.17, 15) is 38.7 Å². The van der Waals surface area contributed by atoms with Gasteiger partial charge in [0.1, 0.15) is 35.7 Å². The average molecular weight is 865 g/mol. The number of esters is 1. The number of carbonyl (C=O) groups excluding carboxylic acids is 1. The van der Waals surface area contributed by atoms with Crippen LogP contribution in [0.5, 0.6) is 5.75 Å². The van der Waals surface area contributed by atoms with Gasteiger partial charge in [0.05, 0.1) is 35.9 Å². The Labute approximate surface area is 349 Å². The van der Waals surface area contributed by atoms with Crippen LogP contribution in [0.3, 0.4) is 0 Å². The Morgan fingerprint density at radius 1 is 0.966 bits per heavy atom. The molecule has 0 saturated heterocycles. The molecule has 5 rings (SSSR count). The number of para-hydroxylation sites is 1. The van der Waals surface area contributed by atoms with Crippen LogP contribution in [0.4, 0.5) is 0 Å². The van der Waals surface area contributed by atoms with Crippen molar-refractivity contribution in [3.8, 4) is 16.9 Å². The highest BCUT2D eigenvalue weighted by atomic mass is 35.5. The minimum Gasteiger partial charge on any atom is -0.490 e. The third kappa shape index (κ3) is 13.3. The normalized spacial score (nSPS) is 18.3. The molecule has 18 heteroatoms. The number of aliphatic hydroxyl groups is 6. The van der Waals surface area contributed by atoms with Crippen LogP contribution in [0.25, 0.3) is 11.1 Å². The molecule has 2 aliphatic rings. The number of halogens is 1. The van der Waals surface area contributed by atoms with E-state index in [1.54, 1.807) is 33.2 Å². The van der Waals surface area contributed by atoms with E-state index in [0.717, 1.165) is 48.1 Å². The third-order valence-electron chi connectivity index (χ3n) is 9.93. The first-order chi connectivity index (χ1) is 27.9. The fourth-order valence-corrected chi connectivity index (χ4v) is 7.79. The van der Waals surface area contributed by atoms with Gasteiger partial charge in [-0.15, -0.1) is 0 Å². The number of nitrogens with one attached hydrogen (secondary N) is 3. The maximum absolute atomic E-state index is 13.8. The number of ether oxygens (including phenoxy) is 3. The SMILES string of the molecule is CC(C)(C)OC(=O)[C@H](CCCCNC(O)NC[C@H](O)[C@@H](O)[C@H](O)[C@H](O)CO)NS(=O)(=O)c1ccc(Cl)c(COC2(c3cnccc3-c3ccccc3OC3CC3)CC2)c1. The number of rotatable bonds is 24. The molecule has 326 valence electrons. The molecule has 0 spiro atoms. The van der Waals surface area contributed by atoms with Crippen LogP contribution in [0.2, 0.25) is 5.02 Å². The van der Waals surface area contributed by atoms with Crippen molar-refractivity contribution >= 4 is 27.6 Å². The molecule has 1 unspecified atom stereocenters. The average Bonchev–Trinajstić information content (AvgIpc) is 4.15. The molecule has 2 aromatic carbocycles. The van der Waals surface area contributed by atoms with E-state index in [4.69, 9.17) is 30.9 Å². The summed E-state index contributed by atoms with van der Waals surface area (Å²) in [6.07, 6.45) is -0.141. The first-order valence-corrected chi connectivity index (χ1v) is 21.7. The highest BCUT2D eigenvalue weighted by Crippen LogP contribution is 2.53. The van der Waals surface area contributed by atoms with Crippen molar-refractivity contribution in [1.29, 1.82) is 0 Å². The molecule has 2 aliphatic carbocycles. The number of nitrogens with zero attached hydrogens (tertiary/aromatic N) is 1. The lowest BCUT2D eigenvalue weighted by Crippen LogP contribution is -2.52. The predicted molar refractivity (Wildman–Crippen MR) is 217 cm³/mol. The van der Waals surface area contributed by atoms with Crippen molar-refractivity contribution in [2.75, 3.05) is 19.7 Å². The monoisotopic (exact) mass is 864 g/mol. The lowest BCUT2D eigenvalue weighted by molar-refractivity contribution is -0.157. The fraction of sp³-hybridized carbons (Fsp3) is 0.561. The van der Waals surface area contributed by atoms with Gasteiger partial charge in [-0.2, -0.15) is 4.72 Å². The lowest BCUT2D eigenvalue weighted by Gasteiger charge is -2.26. The van der Waals surface area contributed by atoms with Gasteiger partial charge in [0.25, 0.3) is 0 Å². The second kappa shape index (κ2) is 20.5. The van der Waals surface area contributed by atoms with E-state index in [1.165, 1.54) is 18.2 Å². The van der Waals surface area contributed by atoms with Gasteiger partial charge in [0.2, 0.25) is 10.0 Å². The van der Waals surface area contributed by atoms with Gasteiger partial charge in [0.15, 0.2) is 6.35 Å². The zero-order valence-electron chi connectivity index (χ0n) is 33.5. The second-order valence-electron chi connectivity index (χ2n) is 16.0. The van der Waals surface area contributed by atoms with Crippen LogP contribution in [0.1, 0.15) is 76.8 Å². The maximum atomic E-state index is 13.8. The van der Waals surface area contributed by atoms with Crippen molar-refractivity contribution < 1.29 is 58.1 Å². The number of benzene rings is 2. The summed E-state index contributed by atoms with van der Waals surface area (Å²) in [6, 6.07) is 12.8. The Morgan fingerprint density at radius 2 is 1.68 bits per heavy atom. The van der Waals surface area contributed by atoms with Gasteiger partial charge in [0, 0.05) is 35.1 Å². The summed E-state index contributed by atoms with van der Waals surface area (Å²) < 4.78 is 48.5. The Bertz CT molecular complexity index is 1960. The standard InChI is InChI=1S/C41H57ClN4O12S/c1-40(2,3)58-38(52)32(9-6-7-18-44-39(53)45-22-33(48)36(50)37(51)34(49)23-47)46-59(54,55)27-13-14-31(42)25(20-27)24-56-41(16-17-41)30-21-43-19-15-28(30)29-8-4-5-10-35(29)57-26-11-12-26/h4-5,8,10,13-15,19-21,26,32-34,36-37,39,44-51,53H,6-7,9,11-12,16-18,22-24H2,1-3H3/t32-,33-,34+,36+,37+,39?/m0/s1. The highest BCUT2D eigenvalue weighted by molar-refractivity contribution is 7.89. The molecule has 9 N–H and O–H groups in total. The topological polar surface area (TPSA) is 249 Å². The number of pyridine rings is 1. The van der Waals surface area contributed by atoms with Gasteiger partial charge >= 0.3 is 5.97 Å². The van der Waals surface area contributed by atoms with E-state index >= 15 is 0 Å². The largest absolute Gasteiger partial charge is 0.490 e. The lowest BCUT2D eigenvalue weighted by atomic mass is 9.96. The summed E-state index contributed by atoms with van der Waals surface area (Å²) in [5.41, 5.74) is 1.68. The molecule has 59 heavy (non-hydrogen) atoms. The van der Waals surface area contributed by atoms with Crippen molar-refractivity contribution in [3.05, 3.63) is 77.1 Å². The van der Waals surface area contributed by atoms with Crippen molar-refractivity contribution in [2.45, 2.75) is 131 Å². The summed E-state index contributed by atoms with van der Waals surface area (Å²) in [4.78, 5) is 17.6. The van der Waals surface area contributed by atoms with E-state index in [-0.39, 0.29) is 37.1 Å². The summed E-state index contributed by atoms with van der Waals surface area (Å²) in [7, 11) is -4.28. The van der Waals surface area contributed by atoms with E-state index in [2.05, 4.69) is 20.3 Å². The molecule has 2 fully saturated rings. The Balaban J connectivity index is 1.20. The van der Waals surface area contributed by atoms with Crippen LogP contribution >= 0.6 is 11.6 Å². The van der Waals surface area contributed by atoms with Gasteiger partial charge < -0.3 is 44.8 Å². The molecular formula is C41H57ClN4O12S. The van der Waals surface area contributed by atoms with Gasteiger partial charge in [-0.1, -0.05) is 29.8 Å². The van der Waals surface area contributed by atoms with Crippen LogP contribution in [-0.4, -0.2) is 118 Å². The van der Waals surface area contributed by atoms with Crippen molar-refractivity contribution in [2.24, 2.45) is 0 Å². The van der Waals surface area contributed by atoms with Crippen LogP contribution in [0, 0.1) is 0 Å². The quantitative estimate of drug-likeness (QED) is 0.0356. The molecule has 6 atom stereocenters. The molecule has 1 aromatic heterocycles. The van der Waals surface area contributed by atoms with Crippen LogP contribution in [0.15, 0.2) is 65.8 Å². The first-order valence-electron chi connectivity index (χ1n) is 19.8. The summed E-state index contributed by atoms with van der Waals surface area (Å²) in [5.74, 6) is 0.0355. The predicted octanol–water partition coefficient (Wildman–Crippen LogP) is 2.20. The summed E-state index contributed by atoms with van der Waals surface area (Å²) >= 11 is 6.59. The number of unbranched alkanes of at least 4 members (excludes halogenated alkanes) is 1. The second-order valence-corrected chi connectivity index (χ2v) is 18.2. The van der Waals surface area contributed by atoms with Crippen LogP contribution in [-0.2, 0) is 36.5 Å². The first kappa shape index (κ1) is 46.8. The van der Waals surface area contributed by atoms with E-state index in [1.807, 2.05) is 30.3 Å². The zero-order valence-corrected chi connectivity index (χ0v) is 35.0. The number of sulfonamides is 1. The molecule has 0 aliphatic heterocycles. The Morgan fingerprint density at radius 3 is 2.36 bits per heavy atom. The number of aliphatic hydroxyl groups excluding tert-OH is 6. The molecule has 0 radical (unpaired) electrons. The van der Waals surface area contributed by atoms with E-state index < -0.39 is 70.6 Å². The number of hydrogen-bond acceptors (Lipinski definition) is 15. The molecule has 16 nitrogen and oxygen atoms in total. The Hall–Kier alpha value is -3.30. The molecule has 3 aromatic rings. The number of carbonyl (C=O) groups is 1. The minimum atomic E-state index is -4.28. The van der Waals surface area contributed by atoms with Crippen LogP contribution < -0.4 is 20.1 Å². The van der Waals surface area contributed by atoms with Gasteiger partial charge in [-0.05, 0) is 114 Å². The van der Waals surface area contributed by atoms with Crippen molar-refractivity contribution in [3.63, 3.8) is 0 Å². The summed E-state index contributed by atoms with van der Waals surface area (Å²) in [5, 5.41) is 63.9. The molecule has 0 bridgehead atoms. The fourth-order valence-electron chi connectivity index (χ4n) is 6.35.